The Morgan fingerprint density at radius 3 is 2.60 bits per heavy atom. The third-order valence-corrected chi connectivity index (χ3v) is 1.79. The van der Waals surface area contributed by atoms with Gasteiger partial charge in [0, 0.05) is 6.54 Å². The number of ether oxygens (including phenoxy) is 1. The zero-order chi connectivity index (χ0) is 11.8. The predicted octanol–water partition coefficient (Wildman–Crippen LogP) is 0.832. The highest BCUT2D eigenvalue weighted by Gasteiger charge is 2.25. The van der Waals surface area contributed by atoms with Crippen molar-refractivity contribution in [3.05, 3.63) is 0 Å². The quantitative estimate of drug-likeness (QED) is 0.732. The van der Waals surface area contributed by atoms with Gasteiger partial charge in [0.2, 0.25) is 0 Å². The van der Waals surface area contributed by atoms with Crippen LogP contribution in [0.4, 0.5) is 4.79 Å². The topological polar surface area (TPSA) is 90.6 Å². The summed E-state index contributed by atoms with van der Waals surface area (Å²) in [4.78, 5) is 23.0. The Kier molecular flexibility index (Phi) is 5.86. The molecular weight excluding hydrogens is 200 g/mol. The van der Waals surface area contributed by atoms with Crippen molar-refractivity contribution in [1.29, 1.82) is 5.26 Å². The molecule has 0 heterocycles. The summed E-state index contributed by atoms with van der Waals surface area (Å²) in [6.45, 7) is 3.24. The molecule has 0 rings (SSSR count). The maximum absolute atomic E-state index is 11.3. The first-order valence-corrected chi connectivity index (χ1v) is 4.57. The number of amides is 1. The van der Waals surface area contributed by atoms with Crippen molar-refractivity contribution in [2.45, 2.75) is 26.3 Å². The third-order valence-electron chi connectivity index (χ3n) is 1.79. The van der Waals surface area contributed by atoms with Crippen LogP contribution in [-0.4, -0.2) is 41.3 Å². The SMILES string of the molecule is CCOC(=O)N(CCC#N)C(C)C(=O)O. The molecule has 0 aromatic carbocycles. The second-order valence-corrected chi connectivity index (χ2v) is 2.81. The Hall–Kier alpha value is -1.77. The average Bonchev–Trinajstić information content (AvgIpc) is 2.18. The molecule has 84 valence electrons. The molecule has 15 heavy (non-hydrogen) atoms. The van der Waals surface area contributed by atoms with Crippen LogP contribution in [0.25, 0.3) is 0 Å². The molecular formula is C9H14N2O4. The Labute approximate surface area is 88.0 Å². The van der Waals surface area contributed by atoms with Gasteiger partial charge in [-0.05, 0) is 13.8 Å². The van der Waals surface area contributed by atoms with Crippen molar-refractivity contribution < 1.29 is 19.4 Å². The van der Waals surface area contributed by atoms with Gasteiger partial charge in [0.05, 0.1) is 19.1 Å². The number of hydrogen-bond donors (Lipinski definition) is 1. The highest BCUT2D eigenvalue weighted by atomic mass is 16.6. The molecule has 6 heteroatoms. The molecule has 0 saturated heterocycles. The summed E-state index contributed by atoms with van der Waals surface area (Å²) < 4.78 is 4.69. The van der Waals surface area contributed by atoms with E-state index in [0.717, 1.165) is 4.90 Å². The lowest BCUT2D eigenvalue weighted by Crippen LogP contribution is -2.44. The molecule has 6 nitrogen and oxygen atoms in total. The molecule has 0 aliphatic rings. The molecule has 0 aliphatic carbocycles. The lowest BCUT2D eigenvalue weighted by atomic mass is 10.3. The molecule has 0 aliphatic heterocycles. The minimum atomic E-state index is -1.12. The lowest BCUT2D eigenvalue weighted by molar-refractivity contribution is -0.142. The number of nitriles is 1. The number of carboxylic acids is 1. The van der Waals surface area contributed by atoms with E-state index in [1.165, 1.54) is 6.92 Å². The Balaban J connectivity index is 4.50. The van der Waals surface area contributed by atoms with Crippen LogP contribution in [0.1, 0.15) is 20.3 Å². The minimum absolute atomic E-state index is 0.0583. The van der Waals surface area contributed by atoms with Gasteiger partial charge in [0.1, 0.15) is 6.04 Å². The third kappa shape index (κ3) is 4.31. The molecule has 0 radical (unpaired) electrons. The molecule has 1 N–H and O–H groups in total. The van der Waals surface area contributed by atoms with E-state index in [0.29, 0.717) is 0 Å². The summed E-state index contributed by atoms with van der Waals surface area (Å²) in [5.74, 6) is -1.12. The van der Waals surface area contributed by atoms with Crippen molar-refractivity contribution in [3.8, 4) is 6.07 Å². The van der Waals surface area contributed by atoms with E-state index in [4.69, 9.17) is 10.4 Å². The molecule has 1 amide bonds. The first kappa shape index (κ1) is 13.2. The van der Waals surface area contributed by atoms with E-state index in [-0.39, 0.29) is 19.6 Å². The van der Waals surface area contributed by atoms with Gasteiger partial charge in [-0.1, -0.05) is 0 Å². The monoisotopic (exact) mass is 214 g/mol. The van der Waals surface area contributed by atoms with Crippen molar-refractivity contribution in [1.82, 2.24) is 4.90 Å². The molecule has 1 unspecified atom stereocenters. The number of carboxylic acid groups (broad SMARTS) is 1. The molecule has 0 fully saturated rings. The van der Waals surface area contributed by atoms with E-state index in [1.54, 1.807) is 6.92 Å². The van der Waals surface area contributed by atoms with Crippen molar-refractivity contribution in [2.24, 2.45) is 0 Å². The molecule has 0 spiro atoms. The summed E-state index contributed by atoms with van der Waals surface area (Å²) in [5.41, 5.74) is 0. The van der Waals surface area contributed by atoms with Crippen LogP contribution in [0.3, 0.4) is 0 Å². The molecule has 0 aromatic rings. The first-order valence-electron chi connectivity index (χ1n) is 4.57. The average molecular weight is 214 g/mol. The molecule has 0 bridgehead atoms. The van der Waals surface area contributed by atoms with Crippen LogP contribution in [0.15, 0.2) is 0 Å². The fourth-order valence-electron chi connectivity index (χ4n) is 0.953. The van der Waals surface area contributed by atoms with E-state index in [9.17, 15) is 9.59 Å². The highest BCUT2D eigenvalue weighted by Crippen LogP contribution is 2.04. The van der Waals surface area contributed by atoms with Gasteiger partial charge in [-0.2, -0.15) is 5.26 Å². The van der Waals surface area contributed by atoms with Crippen molar-refractivity contribution >= 4 is 12.1 Å². The standard InChI is InChI=1S/C9H14N2O4/c1-3-15-9(14)11(6-4-5-10)7(2)8(12)13/h7H,3-4,6H2,1-2H3,(H,12,13). The lowest BCUT2D eigenvalue weighted by Gasteiger charge is -2.24. The van der Waals surface area contributed by atoms with Crippen LogP contribution in [0.2, 0.25) is 0 Å². The Morgan fingerprint density at radius 2 is 2.20 bits per heavy atom. The van der Waals surface area contributed by atoms with Gasteiger partial charge in [-0.3, -0.25) is 4.90 Å². The van der Waals surface area contributed by atoms with E-state index < -0.39 is 18.1 Å². The number of nitrogens with zero attached hydrogens (tertiary/aromatic N) is 2. The van der Waals surface area contributed by atoms with Crippen LogP contribution in [0.5, 0.6) is 0 Å². The highest BCUT2D eigenvalue weighted by molar-refractivity contribution is 5.79. The van der Waals surface area contributed by atoms with Gasteiger partial charge in [-0.25, -0.2) is 9.59 Å². The normalized spacial score (nSPS) is 11.3. The Bertz CT molecular complexity index is 272. The van der Waals surface area contributed by atoms with E-state index in [1.807, 2.05) is 6.07 Å². The summed E-state index contributed by atoms with van der Waals surface area (Å²) in [6.07, 6.45) is -0.626. The van der Waals surface area contributed by atoms with Crippen LogP contribution in [-0.2, 0) is 9.53 Å². The van der Waals surface area contributed by atoms with E-state index in [2.05, 4.69) is 4.74 Å². The number of rotatable bonds is 5. The van der Waals surface area contributed by atoms with Crippen LogP contribution >= 0.6 is 0 Å². The largest absolute Gasteiger partial charge is 0.480 e. The van der Waals surface area contributed by atoms with Gasteiger partial charge < -0.3 is 9.84 Å². The van der Waals surface area contributed by atoms with Crippen LogP contribution < -0.4 is 0 Å². The first-order chi connectivity index (χ1) is 7.04. The fourth-order valence-corrected chi connectivity index (χ4v) is 0.953. The number of carbonyl (C=O) groups excluding carboxylic acids is 1. The van der Waals surface area contributed by atoms with Crippen molar-refractivity contribution in [2.75, 3.05) is 13.2 Å². The summed E-state index contributed by atoms with van der Waals surface area (Å²) in [5, 5.41) is 17.1. The smallest absolute Gasteiger partial charge is 0.410 e. The summed E-state index contributed by atoms with van der Waals surface area (Å²) in [7, 11) is 0. The zero-order valence-corrected chi connectivity index (χ0v) is 8.77. The van der Waals surface area contributed by atoms with Crippen LogP contribution in [0, 0.1) is 11.3 Å². The van der Waals surface area contributed by atoms with Crippen molar-refractivity contribution in [3.63, 3.8) is 0 Å². The van der Waals surface area contributed by atoms with Gasteiger partial charge in [-0.15, -0.1) is 0 Å². The minimum Gasteiger partial charge on any atom is -0.480 e. The van der Waals surface area contributed by atoms with Gasteiger partial charge in [0.15, 0.2) is 0 Å². The maximum Gasteiger partial charge on any atom is 0.410 e. The van der Waals surface area contributed by atoms with Gasteiger partial charge in [0.25, 0.3) is 0 Å². The maximum atomic E-state index is 11.3. The summed E-state index contributed by atoms with van der Waals surface area (Å²) >= 11 is 0. The number of carbonyl (C=O) groups is 2. The second kappa shape index (κ2) is 6.65. The number of aliphatic carboxylic acids is 1. The predicted molar refractivity (Wildman–Crippen MR) is 51.1 cm³/mol. The second-order valence-electron chi connectivity index (χ2n) is 2.81. The molecule has 0 aromatic heterocycles. The van der Waals surface area contributed by atoms with Gasteiger partial charge >= 0.3 is 12.1 Å². The molecule has 1 atom stereocenters. The number of hydrogen-bond acceptors (Lipinski definition) is 4. The van der Waals surface area contributed by atoms with E-state index >= 15 is 0 Å². The zero-order valence-electron chi connectivity index (χ0n) is 8.77. The Morgan fingerprint density at radius 1 is 1.60 bits per heavy atom. The fraction of sp³-hybridized carbons (Fsp3) is 0.667. The molecule has 0 saturated carbocycles. The summed E-state index contributed by atoms with van der Waals surface area (Å²) in [6, 6.07) is 0.858.